The predicted octanol–water partition coefficient (Wildman–Crippen LogP) is 4.71. The summed E-state index contributed by atoms with van der Waals surface area (Å²) in [7, 11) is 1.59. The van der Waals surface area contributed by atoms with E-state index in [0.717, 1.165) is 48.5 Å². The van der Waals surface area contributed by atoms with Crippen LogP contribution in [0.1, 0.15) is 34.6 Å². The van der Waals surface area contributed by atoms with E-state index in [1.165, 1.54) is 11.8 Å². The highest BCUT2D eigenvalue weighted by molar-refractivity contribution is 7.99. The van der Waals surface area contributed by atoms with Gasteiger partial charge in [-0.3, -0.25) is 9.89 Å². The lowest BCUT2D eigenvalue weighted by molar-refractivity contribution is 0.0957. The van der Waals surface area contributed by atoms with Gasteiger partial charge >= 0.3 is 0 Å². The summed E-state index contributed by atoms with van der Waals surface area (Å²) in [6, 6.07) is 7.27. The number of carbonyl (C=O) groups is 1. The maximum Gasteiger partial charge on any atom is 0.209 e. The number of aromatic nitrogens is 4. The second-order valence-electron chi connectivity index (χ2n) is 7.55. The van der Waals surface area contributed by atoms with Crippen LogP contribution in [0.5, 0.6) is 5.75 Å². The standard InChI is InChI=1S/C22H25ClN4O3S/c1-13-9-17(14(2)27(13)11-16-5-4-8-30-16)19(28)12-31-22-24-21(25-26-22)18-10-15(23)6-7-20(18)29-3/h6-7,9-10,16H,4-5,8,11-12H2,1-3H3,(H,24,25,26)/t16-/m0/s1. The molecule has 1 N–H and O–H groups in total. The molecular weight excluding hydrogens is 436 g/mol. The van der Waals surface area contributed by atoms with Gasteiger partial charge in [0.25, 0.3) is 0 Å². The number of ether oxygens (including phenoxy) is 2. The molecule has 164 valence electrons. The molecule has 0 radical (unpaired) electrons. The Balaban J connectivity index is 1.44. The number of ketones is 1. The molecule has 3 heterocycles. The van der Waals surface area contributed by atoms with Gasteiger partial charge in [0.2, 0.25) is 5.16 Å². The Bertz CT molecular complexity index is 1090. The first-order valence-corrected chi connectivity index (χ1v) is 11.5. The van der Waals surface area contributed by atoms with Crippen molar-refractivity contribution in [1.29, 1.82) is 0 Å². The van der Waals surface area contributed by atoms with Gasteiger partial charge in [-0.05, 0) is 51.0 Å². The zero-order chi connectivity index (χ0) is 22.0. The van der Waals surface area contributed by atoms with Crippen molar-refractivity contribution in [2.45, 2.75) is 44.5 Å². The van der Waals surface area contributed by atoms with Gasteiger partial charge in [-0.1, -0.05) is 23.4 Å². The van der Waals surface area contributed by atoms with Crippen molar-refractivity contribution in [3.63, 3.8) is 0 Å². The van der Waals surface area contributed by atoms with E-state index in [9.17, 15) is 4.79 Å². The minimum absolute atomic E-state index is 0.0587. The molecule has 1 aliphatic rings. The fourth-order valence-electron chi connectivity index (χ4n) is 3.86. The second kappa shape index (κ2) is 9.46. The van der Waals surface area contributed by atoms with Crippen molar-refractivity contribution < 1.29 is 14.3 Å². The van der Waals surface area contributed by atoms with Gasteiger partial charge in [-0.2, -0.15) is 0 Å². The molecule has 0 spiro atoms. The van der Waals surface area contributed by atoms with E-state index >= 15 is 0 Å². The molecule has 0 amide bonds. The van der Waals surface area contributed by atoms with Crippen LogP contribution in [0, 0.1) is 13.8 Å². The summed E-state index contributed by atoms with van der Waals surface area (Å²) in [5.74, 6) is 1.51. The summed E-state index contributed by atoms with van der Waals surface area (Å²) < 4.78 is 13.3. The van der Waals surface area contributed by atoms with Gasteiger partial charge in [-0.25, -0.2) is 4.98 Å². The second-order valence-corrected chi connectivity index (χ2v) is 8.93. The predicted molar refractivity (Wildman–Crippen MR) is 121 cm³/mol. The van der Waals surface area contributed by atoms with Gasteiger partial charge in [0.05, 0.1) is 24.5 Å². The van der Waals surface area contributed by atoms with Crippen LogP contribution in [-0.2, 0) is 11.3 Å². The molecule has 0 saturated carbocycles. The third kappa shape index (κ3) is 4.81. The highest BCUT2D eigenvalue weighted by Gasteiger charge is 2.21. The Morgan fingerprint density at radius 2 is 2.23 bits per heavy atom. The number of Topliss-reactive ketones (excluding diaryl/α,β-unsaturated/α-hetero) is 1. The van der Waals surface area contributed by atoms with E-state index in [1.54, 1.807) is 25.3 Å². The van der Waals surface area contributed by atoms with Gasteiger partial charge in [0, 0.05) is 35.1 Å². The maximum absolute atomic E-state index is 12.9. The van der Waals surface area contributed by atoms with Gasteiger partial charge in [0.1, 0.15) is 5.75 Å². The number of nitrogens with zero attached hydrogens (tertiary/aromatic N) is 3. The number of benzene rings is 1. The van der Waals surface area contributed by atoms with Gasteiger partial charge in [-0.15, -0.1) is 5.10 Å². The number of aromatic amines is 1. The van der Waals surface area contributed by atoms with Crippen LogP contribution in [0.25, 0.3) is 11.4 Å². The number of hydrogen-bond acceptors (Lipinski definition) is 6. The van der Waals surface area contributed by atoms with Crippen LogP contribution in [0.4, 0.5) is 0 Å². The largest absolute Gasteiger partial charge is 0.496 e. The number of rotatable bonds is 8. The third-order valence-corrected chi connectivity index (χ3v) is 6.58. The molecule has 1 atom stereocenters. The summed E-state index contributed by atoms with van der Waals surface area (Å²) >= 11 is 7.41. The molecule has 1 saturated heterocycles. The number of aryl methyl sites for hydroxylation is 1. The molecule has 4 rings (SSSR count). The summed E-state index contributed by atoms with van der Waals surface area (Å²) in [6.45, 7) is 5.65. The van der Waals surface area contributed by atoms with Gasteiger partial charge in [0.15, 0.2) is 11.6 Å². The van der Waals surface area contributed by atoms with Crippen LogP contribution in [-0.4, -0.2) is 51.1 Å². The molecule has 1 aromatic carbocycles. The fourth-order valence-corrected chi connectivity index (χ4v) is 4.71. The highest BCUT2D eigenvalue weighted by Crippen LogP contribution is 2.31. The number of halogens is 1. The lowest BCUT2D eigenvalue weighted by Crippen LogP contribution is -2.17. The maximum atomic E-state index is 12.9. The van der Waals surface area contributed by atoms with E-state index in [1.807, 2.05) is 19.9 Å². The first-order chi connectivity index (χ1) is 15.0. The van der Waals surface area contributed by atoms with Crippen LogP contribution in [0.3, 0.4) is 0 Å². The van der Waals surface area contributed by atoms with E-state index in [2.05, 4.69) is 19.7 Å². The number of hydrogen-bond donors (Lipinski definition) is 1. The van der Waals surface area contributed by atoms with Crippen molar-refractivity contribution in [2.75, 3.05) is 19.5 Å². The molecule has 1 fully saturated rings. The molecule has 0 unspecified atom stereocenters. The van der Waals surface area contributed by atoms with E-state index in [4.69, 9.17) is 21.1 Å². The van der Waals surface area contributed by atoms with Crippen molar-refractivity contribution in [3.05, 3.63) is 46.2 Å². The fraction of sp³-hybridized carbons (Fsp3) is 0.409. The Kier molecular flexibility index (Phi) is 6.69. The first-order valence-electron chi connectivity index (χ1n) is 10.2. The summed E-state index contributed by atoms with van der Waals surface area (Å²) in [4.78, 5) is 17.4. The zero-order valence-electron chi connectivity index (χ0n) is 17.8. The topological polar surface area (TPSA) is 82.0 Å². The van der Waals surface area contributed by atoms with Crippen molar-refractivity contribution in [1.82, 2.24) is 19.7 Å². The minimum Gasteiger partial charge on any atom is -0.496 e. The minimum atomic E-state index is 0.0587. The zero-order valence-corrected chi connectivity index (χ0v) is 19.3. The molecule has 2 aromatic heterocycles. The average molecular weight is 461 g/mol. The van der Waals surface area contributed by atoms with E-state index in [-0.39, 0.29) is 17.6 Å². The Hall–Kier alpha value is -2.29. The van der Waals surface area contributed by atoms with Gasteiger partial charge < -0.3 is 14.0 Å². The number of carbonyl (C=O) groups excluding carboxylic acids is 1. The number of methoxy groups -OCH3 is 1. The average Bonchev–Trinajstić information content (AvgIpc) is 3.50. The van der Waals surface area contributed by atoms with Crippen molar-refractivity contribution >= 4 is 29.1 Å². The smallest absolute Gasteiger partial charge is 0.209 e. The SMILES string of the molecule is COc1ccc(Cl)cc1-c1nc(SCC(=O)c2cc(C)n(C[C@@H]3CCCO3)c2C)n[nH]1. The number of H-pyrrole nitrogens is 1. The lowest BCUT2D eigenvalue weighted by atomic mass is 10.2. The third-order valence-electron chi connectivity index (χ3n) is 5.50. The molecule has 9 heteroatoms. The molecule has 31 heavy (non-hydrogen) atoms. The monoisotopic (exact) mass is 460 g/mol. The molecule has 0 bridgehead atoms. The Morgan fingerprint density at radius 1 is 1.39 bits per heavy atom. The quantitative estimate of drug-likeness (QED) is 0.387. The van der Waals surface area contributed by atoms with Crippen LogP contribution in [0.2, 0.25) is 5.02 Å². The Morgan fingerprint density at radius 3 is 2.97 bits per heavy atom. The van der Waals surface area contributed by atoms with Crippen LogP contribution < -0.4 is 4.74 Å². The van der Waals surface area contributed by atoms with E-state index < -0.39 is 0 Å². The molecule has 0 aliphatic carbocycles. The summed E-state index contributed by atoms with van der Waals surface area (Å²) in [6.07, 6.45) is 2.41. The Labute approximate surface area is 190 Å². The lowest BCUT2D eigenvalue weighted by Gasteiger charge is -2.14. The molecular formula is C22H25ClN4O3S. The molecule has 1 aliphatic heterocycles. The normalized spacial score (nSPS) is 16.1. The number of nitrogens with one attached hydrogen (secondary N) is 1. The van der Waals surface area contributed by atoms with Crippen LogP contribution >= 0.6 is 23.4 Å². The van der Waals surface area contributed by atoms with Crippen LogP contribution in [0.15, 0.2) is 29.4 Å². The molecule has 7 nitrogen and oxygen atoms in total. The first kappa shape index (κ1) is 21.9. The summed E-state index contributed by atoms with van der Waals surface area (Å²) in [5, 5.41) is 8.21. The highest BCUT2D eigenvalue weighted by atomic mass is 35.5. The molecule has 3 aromatic rings. The van der Waals surface area contributed by atoms with E-state index in [0.29, 0.717) is 21.8 Å². The van der Waals surface area contributed by atoms with Crippen molar-refractivity contribution in [3.8, 4) is 17.1 Å². The van der Waals surface area contributed by atoms with Crippen molar-refractivity contribution in [2.24, 2.45) is 0 Å². The number of thioether (sulfide) groups is 1. The summed E-state index contributed by atoms with van der Waals surface area (Å²) in [5.41, 5.74) is 3.53.